The van der Waals surface area contributed by atoms with Crippen LogP contribution >= 0.6 is 0 Å². The van der Waals surface area contributed by atoms with E-state index >= 15 is 0 Å². The number of hydrogen-bond donors (Lipinski definition) is 3. The molecule has 4 N–H and O–H groups in total. The summed E-state index contributed by atoms with van der Waals surface area (Å²) in [5.74, 6) is 0.549. The van der Waals surface area contributed by atoms with Gasteiger partial charge in [0.1, 0.15) is 0 Å². The van der Waals surface area contributed by atoms with Crippen LogP contribution in [0.2, 0.25) is 0 Å². The Morgan fingerprint density at radius 3 is 2.76 bits per heavy atom. The van der Waals surface area contributed by atoms with Gasteiger partial charge in [0.2, 0.25) is 5.91 Å². The van der Waals surface area contributed by atoms with Crippen molar-refractivity contribution in [1.82, 2.24) is 15.5 Å². The summed E-state index contributed by atoms with van der Waals surface area (Å²) < 4.78 is 0. The lowest BCUT2D eigenvalue weighted by Crippen LogP contribution is -2.56. The Kier molecular flexibility index (Phi) is 3.83. The minimum Gasteiger partial charge on any atom is -0.370 e. The van der Waals surface area contributed by atoms with E-state index in [0.717, 1.165) is 25.9 Å². The molecular formula is C11H21N5O. The van der Waals surface area contributed by atoms with Gasteiger partial charge in [-0.2, -0.15) is 0 Å². The maximum atomic E-state index is 11.4. The average molecular weight is 239 g/mol. The van der Waals surface area contributed by atoms with Crippen molar-refractivity contribution in [3.8, 4) is 0 Å². The van der Waals surface area contributed by atoms with Gasteiger partial charge in [-0.05, 0) is 26.2 Å². The number of aliphatic imine (C=N–C) groups is 1. The smallest absolute Gasteiger partial charge is 0.224 e. The number of carbonyl (C=O) groups excluding carboxylic acids is 1. The van der Waals surface area contributed by atoms with Crippen molar-refractivity contribution < 1.29 is 4.79 Å². The predicted molar refractivity (Wildman–Crippen MR) is 66.2 cm³/mol. The number of likely N-dealkylation sites (tertiary alicyclic amines) is 1. The minimum atomic E-state index is -0.381. The molecule has 0 saturated carbocycles. The van der Waals surface area contributed by atoms with E-state index < -0.39 is 0 Å². The van der Waals surface area contributed by atoms with Crippen LogP contribution in [0.5, 0.6) is 0 Å². The van der Waals surface area contributed by atoms with E-state index in [-0.39, 0.29) is 18.2 Å². The quantitative estimate of drug-likeness (QED) is 0.428. The number of hydrogen-bond acceptors (Lipinski definition) is 3. The zero-order chi connectivity index (χ0) is 12.3. The average Bonchev–Trinajstić information content (AvgIpc) is 2.28. The largest absolute Gasteiger partial charge is 0.370 e. The Balaban J connectivity index is 1.94. The lowest BCUT2D eigenvalue weighted by atomic mass is 10.1. The lowest BCUT2D eigenvalue weighted by Gasteiger charge is -2.31. The first-order valence-corrected chi connectivity index (χ1v) is 6.29. The Hall–Kier alpha value is -1.30. The second-order valence-corrected chi connectivity index (χ2v) is 4.78. The van der Waals surface area contributed by atoms with E-state index in [2.05, 4.69) is 20.5 Å². The third kappa shape index (κ3) is 3.33. The molecule has 2 unspecified atom stereocenters. The molecule has 6 nitrogen and oxygen atoms in total. The molecule has 0 radical (unpaired) electrons. The molecule has 96 valence electrons. The van der Waals surface area contributed by atoms with Crippen LogP contribution in [-0.4, -0.2) is 42.2 Å². The predicted octanol–water partition coefficient (Wildman–Crippen LogP) is -0.431. The molecular weight excluding hydrogens is 218 g/mol. The molecule has 0 aromatic carbocycles. The summed E-state index contributed by atoms with van der Waals surface area (Å²) in [5.41, 5.74) is 5.95. The third-order valence-electron chi connectivity index (χ3n) is 3.17. The summed E-state index contributed by atoms with van der Waals surface area (Å²) in [6.07, 6.45) is 3.71. The molecule has 0 bridgehead atoms. The summed E-state index contributed by atoms with van der Waals surface area (Å²) in [4.78, 5) is 17.8. The van der Waals surface area contributed by atoms with Crippen molar-refractivity contribution in [1.29, 1.82) is 0 Å². The maximum Gasteiger partial charge on any atom is 0.224 e. The van der Waals surface area contributed by atoms with Crippen LogP contribution in [0.4, 0.5) is 0 Å². The molecule has 0 aliphatic carbocycles. The van der Waals surface area contributed by atoms with Crippen molar-refractivity contribution in [2.45, 2.75) is 44.9 Å². The first-order chi connectivity index (χ1) is 8.15. The molecule has 6 heteroatoms. The van der Waals surface area contributed by atoms with E-state index in [9.17, 15) is 4.79 Å². The van der Waals surface area contributed by atoms with Gasteiger partial charge in [0.15, 0.2) is 12.2 Å². The summed E-state index contributed by atoms with van der Waals surface area (Å²) in [6.45, 7) is 3.90. The summed E-state index contributed by atoms with van der Waals surface area (Å²) in [5, 5.41) is 5.96. The highest BCUT2D eigenvalue weighted by Crippen LogP contribution is 2.08. The van der Waals surface area contributed by atoms with Crippen LogP contribution in [0.15, 0.2) is 4.99 Å². The molecule has 17 heavy (non-hydrogen) atoms. The molecule has 1 amide bonds. The number of piperidine rings is 1. The van der Waals surface area contributed by atoms with Crippen molar-refractivity contribution in [3.63, 3.8) is 0 Å². The Labute approximate surface area is 102 Å². The highest BCUT2D eigenvalue weighted by Gasteiger charge is 2.23. The van der Waals surface area contributed by atoms with Crippen molar-refractivity contribution in [2.24, 2.45) is 10.7 Å². The molecule has 2 heterocycles. The van der Waals surface area contributed by atoms with Crippen LogP contribution in [0.3, 0.4) is 0 Å². The van der Waals surface area contributed by atoms with Gasteiger partial charge in [-0.25, -0.2) is 4.99 Å². The molecule has 0 aromatic heterocycles. The SMILES string of the molecule is CC1CC(=O)NC(/N=C(\N)N2CCCCC2)N1. The fraction of sp³-hybridized carbons (Fsp3) is 0.818. The number of carbonyl (C=O) groups is 1. The molecule has 0 spiro atoms. The minimum absolute atomic E-state index is 0.0245. The van der Waals surface area contributed by atoms with Crippen LogP contribution in [0.25, 0.3) is 0 Å². The van der Waals surface area contributed by atoms with Crippen LogP contribution in [0, 0.1) is 0 Å². The second-order valence-electron chi connectivity index (χ2n) is 4.78. The summed E-state index contributed by atoms with van der Waals surface area (Å²) in [6, 6.07) is 0.145. The summed E-state index contributed by atoms with van der Waals surface area (Å²) >= 11 is 0. The Morgan fingerprint density at radius 1 is 1.41 bits per heavy atom. The van der Waals surface area contributed by atoms with E-state index in [1.165, 1.54) is 6.42 Å². The molecule has 2 saturated heterocycles. The Morgan fingerprint density at radius 2 is 2.12 bits per heavy atom. The lowest BCUT2D eigenvalue weighted by molar-refractivity contribution is -0.124. The van der Waals surface area contributed by atoms with Crippen molar-refractivity contribution in [2.75, 3.05) is 13.1 Å². The van der Waals surface area contributed by atoms with Crippen LogP contribution < -0.4 is 16.4 Å². The molecule has 2 fully saturated rings. The van der Waals surface area contributed by atoms with Gasteiger partial charge < -0.3 is 16.0 Å². The molecule has 0 aromatic rings. The number of nitrogens with two attached hydrogens (primary N) is 1. The highest BCUT2D eigenvalue weighted by molar-refractivity contribution is 5.80. The topological polar surface area (TPSA) is 82.8 Å². The van der Waals surface area contributed by atoms with Crippen molar-refractivity contribution >= 4 is 11.9 Å². The standard InChI is InChI=1S/C11H21N5O/c1-8-7-9(17)14-11(13-8)15-10(12)16-5-3-2-4-6-16/h8,11,13H,2-7H2,1H3,(H2,12,15)(H,14,17). The number of rotatable bonds is 1. The van der Waals surface area contributed by atoms with E-state index in [1.807, 2.05) is 6.92 Å². The van der Waals surface area contributed by atoms with Gasteiger partial charge in [-0.3, -0.25) is 10.1 Å². The molecule has 2 aliphatic heterocycles. The number of amides is 1. The first kappa shape index (κ1) is 12.2. The summed E-state index contributed by atoms with van der Waals surface area (Å²) in [7, 11) is 0. The maximum absolute atomic E-state index is 11.4. The molecule has 2 aliphatic rings. The van der Waals surface area contributed by atoms with E-state index in [4.69, 9.17) is 5.73 Å². The number of guanidine groups is 1. The van der Waals surface area contributed by atoms with Crippen LogP contribution in [0.1, 0.15) is 32.6 Å². The number of nitrogens with zero attached hydrogens (tertiary/aromatic N) is 2. The van der Waals surface area contributed by atoms with Crippen molar-refractivity contribution in [3.05, 3.63) is 0 Å². The fourth-order valence-corrected chi connectivity index (χ4v) is 2.27. The normalized spacial score (nSPS) is 31.2. The number of nitrogens with one attached hydrogen (secondary N) is 2. The highest BCUT2D eigenvalue weighted by atomic mass is 16.2. The van der Waals surface area contributed by atoms with E-state index in [1.54, 1.807) is 0 Å². The van der Waals surface area contributed by atoms with Gasteiger partial charge >= 0.3 is 0 Å². The van der Waals surface area contributed by atoms with Gasteiger partial charge in [-0.1, -0.05) is 0 Å². The third-order valence-corrected chi connectivity index (χ3v) is 3.17. The second kappa shape index (κ2) is 5.35. The molecule has 2 atom stereocenters. The first-order valence-electron chi connectivity index (χ1n) is 6.29. The monoisotopic (exact) mass is 239 g/mol. The van der Waals surface area contributed by atoms with Gasteiger partial charge in [-0.15, -0.1) is 0 Å². The van der Waals surface area contributed by atoms with Gasteiger partial charge in [0.05, 0.1) is 0 Å². The Bertz CT molecular complexity index is 311. The van der Waals surface area contributed by atoms with Crippen LogP contribution in [-0.2, 0) is 4.79 Å². The van der Waals surface area contributed by atoms with Gasteiger partial charge in [0, 0.05) is 25.6 Å². The van der Waals surface area contributed by atoms with Gasteiger partial charge in [0.25, 0.3) is 0 Å². The fourth-order valence-electron chi connectivity index (χ4n) is 2.27. The zero-order valence-corrected chi connectivity index (χ0v) is 10.3. The zero-order valence-electron chi connectivity index (χ0n) is 10.3. The molecule has 2 rings (SSSR count). The van der Waals surface area contributed by atoms with E-state index in [0.29, 0.717) is 12.4 Å².